The van der Waals surface area contributed by atoms with Crippen molar-refractivity contribution in [2.45, 2.75) is 62.0 Å². The van der Waals surface area contributed by atoms with Gasteiger partial charge in [0.05, 0.1) is 17.3 Å². The van der Waals surface area contributed by atoms with Gasteiger partial charge in [0.2, 0.25) is 5.91 Å². The van der Waals surface area contributed by atoms with Crippen molar-refractivity contribution >= 4 is 51.7 Å². The number of nitrogens with two attached hydrogens (primary N) is 1. The van der Waals surface area contributed by atoms with Gasteiger partial charge in [0.15, 0.2) is 11.5 Å². The van der Waals surface area contributed by atoms with Crippen LogP contribution < -0.4 is 5.73 Å². The Balaban J connectivity index is 1.35. The quantitative estimate of drug-likeness (QED) is 0.633. The van der Waals surface area contributed by atoms with Gasteiger partial charge < -0.3 is 10.6 Å². The monoisotopic (exact) mass is 463 g/mol. The molecular weight excluding hydrogens is 441 g/mol. The first-order valence-electron chi connectivity index (χ1n) is 10.5. The number of carbonyl (C=O) groups excluding carboxylic acids is 3. The summed E-state index contributed by atoms with van der Waals surface area (Å²) in [6.07, 6.45) is 4.95. The van der Waals surface area contributed by atoms with Crippen LogP contribution in [0.25, 0.3) is 10.9 Å². The number of rotatable bonds is 7. The zero-order valence-electron chi connectivity index (χ0n) is 17.1. The molecule has 2 aliphatic carbocycles. The third-order valence-electron chi connectivity index (χ3n) is 6.82. The number of ketones is 1. The van der Waals surface area contributed by atoms with Crippen LogP contribution in [0.2, 0.25) is 0 Å². The Morgan fingerprint density at radius 2 is 2.03 bits per heavy atom. The molecule has 31 heavy (non-hydrogen) atoms. The fourth-order valence-electron chi connectivity index (χ4n) is 4.97. The summed E-state index contributed by atoms with van der Waals surface area (Å²) >= 11 is 12.2. The maximum atomic E-state index is 13.3. The lowest BCUT2D eigenvalue weighted by Gasteiger charge is -2.27. The molecule has 1 saturated heterocycles. The second-order valence-corrected chi connectivity index (χ2v) is 10.5. The lowest BCUT2D eigenvalue weighted by Crippen LogP contribution is -2.44. The van der Waals surface area contributed by atoms with Crippen LogP contribution in [0.3, 0.4) is 0 Å². The summed E-state index contributed by atoms with van der Waals surface area (Å²) in [7, 11) is 0. The van der Waals surface area contributed by atoms with E-state index in [0.29, 0.717) is 48.2 Å². The first-order valence-corrected chi connectivity index (χ1v) is 11.3. The molecule has 0 radical (unpaired) electrons. The van der Waals surface area contributed by atoms with Crippen molar-refractivity contribution < 1.29 is 14.4 Å². The highest BCUT2D eigenvalue weighted by atomic mass is 35.5. The summed E-state index contributed by atoms with van der Waals surface area (Å²) < 4.78 is 0.787. The Bertz CT molecular complexity index is 1110. The average molecular weight is 464 g/mol. The number of pyridine rings is 1. The number of piperidine rings is 1. The van der Waals surface area contributed by atoms with Crippen molar-refractivity contribution in [2.24, 2.45) is 17.6 Å². The van der Waals surface area contributed by atoms with Crippen LogP contribution in [-0.2, 0) is 16.1 Å². The maximum Gasteiger partial charge on any atom is 0.269 e. The fourth-order valence-corrected chi connectivity index (χ4v) is 5.57. The Morgan fingerprint density at radius 3 is 2.71 bits per heavy atom. The number of halogens is 2. The minimum Gasteiger partial charge on any atom is -0.364 e. The number of hydrogen-bond acceptors (Lipinski definition) is 5. The van der Waals surface area contributed by atoms with Crippen molar-refractivity contribution in [3.05, 3.63) is 23.7 Å². The van der Waals surface area contributed by atoms with E-state index in [1.54, 1.807) is 24.1 Å². The molecule has 3 heterocycles. The molecule has 2 N–H and O–H groups in total. The third-order valence-corrected chi connectivity index (χ3v) is 7.74. The highest BCUT2D eigenvalue weighted by molar-refractivity contribution is 6.50. The molecule has 2 aromatic rings. The first kappa shape index (κ1) is 20.7. The van der Waals surface area contributed by atoms with Gasteiger partial charge >= 0.3 is 0 Å². The summed E-state index contributed by atoms with van der Waals surface area (Å²) in [5.74, 6) is -0.232. The number of hydrogen-bond donors (Lipinski definition) is 1. The standard InChI is InChI=1S/C21H23Cl2N5O3/c1-10-19-13(4-5-25-10)18(20(24)31)26-27(19)9-17(30)28-14-6-11(14)7-15(28)16(29)3-2-12-8-21(12,22)23/h4-5,11-12,14-15H,2-3,6-9H2,1H3,(H2,24,31)/t11-,12+,14-,15+/m1/s1. The number of primary amides is 1. The molecule has 0 bridgehead atoms. The van der Waals surface area contributed by atoms with Crippen molar-refractivity contribution in [1.82, 2.24) is 19.7 Å². The van der Waals surface area contributed by atoms with E-state index in [1.807, 2.05) is 0 Å². The van der Waals surface area contributed by atoms with E-state index in [1.165, 1.54) is 4.68 Å². The van der Waals surface area contributed by atoms with Gasteiger partial charge in [-0.05, 0) is 50.5 Å². The van der Waals surface area contributed by atoms with Gasteiger partial charge in [-0.2, -0.15) is 5.10 Å². The van der Waals surface area contributed by atoms with Gasteiger partial charge in [-0.3, -0.25) is 24.0 Å². The second kappa shape index (κ2) is 7.17. The summed E-state index contributed by atoms with van der Waals surface area (Å²) in [5.41, 5.74) is 6.84. The topological polar surface area (TPSA) is 111 Å². The van der Waals surface area contributed by atoms with E-state index in [9.17, 15) is 14.4 Å². The number of Topliss-reactive ketones (excluding diaryl/α,β-unsaturated/α-hetero) is 1. The number of nitrogens with zero attached hydrogens (tertiary/aromatic N) is 4. The van der Waals surface area contributed by atoms with Crippen LogP contribution in [0.15, 0.2) is 12.3 Å². The molecule has 2 saturated carbocycles. The Labute approximate surface area is 189 Å². The van der Waals surface area contributed by atoms with E-state index in [4.69, 9.17) is 28.9 Å². The zero-order chi connectivity index (χ0) is 22.1. The minimum atomic E-state index is -0.696. The van der Waals surface area contributed by atoms with Crippen LogP contribution in [0.4, 0.5) is 0 Å². The largest absolute Gasteiger partial charge is 0.364 e. The highest BCUT2D eigenvalue weighted by Gasteiger charge is 2.56. The molecule has 0 spiro atoms. The molecule has 2 aromatic heterocycles. The maximum absolute atomic E-state index is 13.3. The number of alkyl halides is 2. The van der Waals surface area contributed by atoms with Crippen LogP contribution in [0.1, 0.15) is 48.3 Å². The lowest BCUT2D eigenvalue weighted by molar-refractivity contribution is -0.139. The van der Waals surface area contributed by atoms with Gasteiger partial charge in [0.25, 0.3) is 5.91 Å². The summed E-state index contributed by atoms with van der Waals surface area (Å²) in [6.45, 7) is 1.72. The van der Waals surface area contributed by atoms with Crippen molar-refractivity contribution in [2.75, 3.05) is 0 Å². The molecule has 1 aliphatic heterocycles. The second-order valence-electron chi connectivity index (χ2n) is 8.95. The lowest BCUT2D eigenvalue weighted by atomic mass is 10.0. The number of amides is 2. The molecule has 164 valence electrons. The SMILES string of the molecule is Cc1nccc2c(C(N)=O)nn(CC(=O)N3[C@@H]4C[C@@H]4C[C@H]3C(=O)CC[C@H]3CC3(Cl)Cl)c12. The predicted octanol–water partition coefficient (Wildman–Crippen LogP) is 2.37. The van der Waals surface area contributed by atoms with Crippen LogP contribution in [-0.4, -0.2) is 53.7 Å². The van der Waals surface area contributed by atoms with Gasteiger partial charge in [0, 0.05) is 24.0 Å². The van der Waals surface area contributed by atoms with Gasteiger partial charge in [-0.25, -0.2) is 0 Å². The summed E-state index contributed by atoms with van der Waals surface area (Å²) in [6, 6.07) is 1.37. The van der Waals surface area contributed by atoms with Gasteiger partial charge in [-0.15, -0.1) is 23.2 Å². The Hall–Kier alpha value is -2.19. The van der Waals surface area contributed by atoms with Crippen LogP contribution in [0, 0.1) is 18.8 Å². The van der Waals surface area contributed by atoms with E-state index in [-0.39, 0.29) is 35.9 Å². The number of likely N-dealkylation sites (tertiary alicyclic amines) is 1. The molecular formula is C21H23Cl2N5O3. The minimum absolute atomic E-state index is 0.0672. The molecule has 2 amide bonds. The smallest absolute Gasteiger partial charge is 0.269 e. The van der Waals surface area contributed by atoms with Crippen LogP contribution >= 0.6 is 23.2 Å². The molecule has 4 atom stereocenters. The van der Waals surface area contributed by atoms with Crippen molar-refractivity contribution in [3.63, 3.8) is 0 Å². The number of aromatic nitrogens is 3. The van der Waals surface area contributed by atoms with Crippen LogP contribution in [0.5, 0.6) is 0 Å². The Kier molecular flexibility index (Phi) is 4.79. The van der Waals surface area contributed by atoms with Crippen molar-refractivity contribution in [1.29, 1.82) is 0 Å². The van der Waals surface area contributed by atoms with Gasteiger partial charge in [0.1, 0.15) is 10.9 Å². The summed E-state index contributed by atoms with van der Waals surface area (Å²) in [5, 5.41) is 4.86. The van der Waals surface area contributed by atoms with E-state index in [0.717, 1.165) is 6.42 Å². The molecule has 0 unspecified atom stereocenters. The van der Waals surface area contributed by atoms with E-state index < -0.39 is 16.3 Å². The highest BCUT2D eigenvalue weighted by Crippen LogP contribution is 2.55. The summed E-state index contributed by atoms with van der Waals surface area (Å²) in [4.78, 5) is 44.0. The molecule has 3 fully saturated rings. The molecule has 10 heteroatoms. The first-order chi connectivity index (χ1) is 14.7. The molecule has 3 aliphatic rings. The number of carbonyl (C=O) groups is 3. The molecule has 0 aromatic carbocycles. The fraction of sp³-hybridized carbons (Fsp3) is 0.571. The molecule has 8 nitrogen and oxygen atoms in total. The van der Waals surface area contributed by atoms with Crippen molar-refractivity contribution in [3.8, 4) is 0 Å². The van der Waals surface area contributed by atoms with Gasteiger partial charge in [-0.1, -0.05) is 0 Å². The zero-order valence-corrected chi connectivity index (χ0v) is 18.6. The number of aryl methyl sites for hydroxylation is 1. The van der Waals surface area contributed by atoms with E-state index in [2.05, 4.69) is 10.1 Å². The molecule has 5 rings (SSSR count). The number of fused-ring (bicyclic) bond motifs is 2. The predicted molar refractivity (Wildman–Crippen MR) is 115 cm³/mol. The Morgan fingerprint density at radius 1 is 1.29 bits per heavy atom. The van der Waals surface area contributed by atoms with E-state index >= 15 is 0 Å². The average Bonchev–Trinajstić information content (AvgIpc) is 3.48. The normalized spacial score (nSPS) is 27.9. The third kappa shape index (κ3) is 3.59.